The number of nitrogens with zero attached hydrogens (tertiary/aromatic N) is 1. The van der Waals surface area contributed by atoms with Gasteiger partial charge in [-0.2, -0.15) is 13.2 Å². The molecule has 0 aromatic heterocycles. The number of alkyl halides is 3. The molecular formula is C21H26F3NO2. The summed E-state index contributed by atoms with van der Waals surface area (Å²) in [6.45, 7) is 8.54. The summed E-state index contributed by atoms with van der Waals surface area (Å²) in [5.41, 5.74) is -1.16. The van der Waals surface area contributed by atoms with Crippen molar-refractivity contribution in [1.29, 1.82) is 0 Å². The van der Waals surface area contributed by atoms with Gasteiger partial charge in [0.2, 0.25) is 0 Å². The third kappa shape index (κ3) is 4.84. The van der Waals surface area contributed by atoms with Gasteiger partial charge in [0.25, 0.3) is 0 Å². The van der Waals surface area contributed by atoms with Crippen molar-refractivity contribution in [3.63, 3.8) is 0 Å². The van der Waals surface area contributed by atoms with Crippen molar-refractivity contribution in [2.75, 3.05) is 6.54 Å². The highest BCUT2D eigenvalue weighted by Gasteiger charge is 2.35. The fraction of sp³-hybridized carbons (Fsp3) is 0.571. The van der Waals surface area contributed by atoms with Gasteiger partial charge < -0.3 is 5.11 Å². The molecule has 1 heterocycles. The summed E-state index contributed by atoms with van der Waals surface area (Å²) in [5.74, 6) is 4.22. The third-order valence-corrected chi connectivity index (χ3v) is 5.51. The molecule has 2 rings (SSSR count). The molecule has 1 saturated heterocycles. The lowest BCUT2D eigenvalue weighted by atomic mass is 9.92. The van der Waals surface area contributed by atoms with Crippen molar-refractivity contribution in [2.45, 2.75) is 65.2 Å². The van der Waals surface area contributed by atoms with Crippen molar-refractivity contribution in [2.24, 2.45) is 5.41 Å². The first-order valence-corrected chi connectivity index (χ1v) is 9.11. The van der Waals surface area contributed by atoms with Gasteiger partial charge in [-0.15, -0.1) is 0 Å². The van der Waals surface area contributed by atoms with Crippen LogP contribution in [0.4, 0.5) is 13.2 Å². The first-order chi connectivity index (χ1) is 12.4. The number of hydrogen-bond acceptors (Lipinski definition) is 2. The fourth-order valence-electron chi connectivity index (χ4n) is 3.24. The highest BCUT2D eigenvalue weighted by atomic mass is 19.4. The molecule has 1 aromatic rings. The second-order valence-corrected chi connectivity index (χ2v) is 7.93. The van der Waals surface area contributed by atoms with E-state index in [1.807, 2.05) is 0 Å². The number of halogens is 3. The maximum absolute atomic E-state index is 13.1. The van der Waals surface area contributed by atoms with E-state index >= 15 is 0 Å². The van der Waals surface area contributed by atoms with E-state index in [-0.39, 0.29) is 11.1 Å². The summed E-state index contributed by atoms with van der Waals surface area (Å²) in [5, 5.41) is 9.21. The lowest BCUT2D eigenvalue weighted by Gasteiger charge is -2.34. The Morgan fingerprint density at radius 3 is 2.56 bits per heavy atom. The van der Waals surface area contributed by atoms with Crippen molar-refractivity contribution in [3.8, 4) is 11.8 Å². The first kappa shape index (κ1) is 21.3. The van der Waals surface area contributed by atoms with Gasteiger partial charge in [-0.3, -0.25) is 9.69 Å². The average Bonchev–Trinajstić information content (AvgIpc) is 2.94. The minimum absolute atomic E-state index is 0.0216. The van der Waals surface area contributed by atoms with Crippen molar-refractivity contribution in [3.05, 3.63) is 34.9 Å². The Morgan fingerprint density at radius 1 is 1.33 bits per heavy atom. The summed E-state index contributed by atoms with van der Waals surface area (Å²) in [6, 6.07) is 3.57. The maximum atomic E-state index is 13.1. The SMILES string of the molecule is CCC1(C)CCCN1Cc1ccc(C(F)(F)F)cc1C#CC(C)(C)C(=O)O. The Kier molecular flexibility index (Phi) is 5.96. The van der Waals surface area contributed by atoms with Crippen molar-refractivity contribution in [1.82, 2.24) is 4.90 Å². The van der Waals surface area contributed by atoms with Crippen LogP contribution >= 0.6 is 0 Å². The van der Waals surface area contributed by atoms with E-state index in [1.165, 1.54) is 19.9 Å². The van der Waals surface area contributed by atoms with Gasteiger partial charge in [-0.1, -0.05) is 24.8 Å². The molecule has 6 heteroatoms. The van der Waals surface area contributed by atoms with Gasteiger partial charge in [0.05, 0.1) is 5.56 Å². The zero-order chi connectivity index (χ0) is 20.5. The number of carbonyl (C=O) groups is 1. The Hall–Kier alpha value is -2.00. The van der Waals surface area contributed by atoms with Gasteiger partial charge in [0, 0.05) is 17.6 Å². The molecule has 1 aromatic carbocycles. The molecule has 1 atom stereocenters. The van der Waals surface area contributed by atoms with Crippen LogP contribution in [0.1, 0.15) is 63.6 Å². The Morgan fingerprint density at radius 2 is 2.00 bits per heavy atom. The molecule has 0 spiro atoms. The molecular weight excluding hydrogens is 355 g/mol. The normalized spacial score (nSPS) is 21.0. The fourth-order valence-corrected chi connectivity index (χ4v) is 3.24. The number of carboxylic acid groups (broad SMARTS) is 1. The largest absolute Gasteiger partial charge is 0.480 e. The van der Waals surface area contributed by atoms with Crippen LogP contribution in [0.25, 0.3) is 0 Å². The van der Waals surface area contributed by atoms with Crippen LogP contribution in [0.15, 0.2) is 18.2 Å². The van der Waals surface area contributed by atoms with Gasteiger partial charge in [-0.05, 0) is 64.3 Å². The lowest BCUT2D eigenvalue weighted by molar-refractivity contribution is -0.143. The third-order valence-electron chi connectivity index (χ3n) is 5.51. The van der Waals surface area contributed by atoms with Crippen LogP contribution in [0, 0.1) is 17.3 Å². The predicted octanol–water partition coefficient (Wildman–Crippen LogP) is 4.93. The Bertz CT molecular complexity index is 774. The molecule has 148 valence electrons. The van der Waals surface area contributed by atoms with Crippen LogP contribution in [-0.4, -0.2) is 28.1 Å². The highest BCUT2D eigenvalue weighted by molar-refractivity contribution is 5.77. The molecule has 3 nitrogen and oxygen atoms in total. The zero-order valence-electron chi connectivity index (χ0n) is 16.2. The van der Waals surface area contributed by atoms with E-state index in [2.05, 4.69) is 30.6 Å². The van der Waals surface area contributed by atoms with E-state index in [9.17, 15) is 23.1 Å². The molecule has 0 aliphatic carbocycles. The summed E-state index contributed by atoms with van der Waals surface area (Å²) >= 11 is 0. The van der Waals surface area contributed by atoms with Gasteiger partial charge in [0.1, 0.15) is 5.41 Å². The molecule has 1 aliphatic heterocycles. The molecule has 1 fully saturated rings. The predicted molar refractivity (Wildman–Crippen MR) is 98.1 cm³/mol. The molecule has 0 radical (unpaired) electrons. The van der Waals surface area contributed by atoms with E-state index in [0.717, 1.165) is 37.9 Å². The molecule has 1 N–H and O–H groups in total. The van der Waals surface area contributed by atoms with Crippen LogP contribution in [0.3, 0.4) is 0 Å². The van der Waals surface area contributed by atoms with Crippen LogP contribution in [0.5, 0.6) is 0 Å². The number of aliphatic carboxylic acids is 1. The van der Waals surface area contributed by atoms with Gasteiger partial charge >= 0.3 is 12.1 Å². The Labute approximate surface area is 158 Å². The van der Waals surface area contributed by atoms with Gasteiger partial charge in [-0.25, -0.2) is 0 Å². The van der Waals surface area contributed by atoms with Crippen LogP contribution in [-0.2, 0) is 17.5 Å². The minimum Gasteiger partial charge on any atom is -0.480 e. The molecule has 1 aliphatic rings. The summed E-state index contributed by atoms with van der Waals surface area (Å²) in [4.78, 5) is 13.5. The highest BCUT2D eigenvalue weighted by Crippen LogP contribution is 2.35. The molecule has 0 amide bonds. The number of carboxylic acids is 1. The van der Waals surface area contributed by atoms with Crippen LogP contribution in [0.2, 0.25) is 0 Å². The minimum atomic E-state index is -4.47. The number of rotatable bonds is 4. The lowest BCUT2D eigenvalue weighted by Crippen LogP contribution is -2.40. The number of likely N-dealkylation sites (tertiary alicyclic amines) is 1. The summed E-state index contributed by atoms with van der Waals surface area (Å²) in [7, 11) is 0. The second kappa shape index (κ2) is 7.55. The summed E-state index contributed by atoms with van der Waals surface area (Å²) < 4.78 is 39.4. The standard InChI is InChI=1S/C21H26F3NO2/c1-5-20(4)10-6-12-25(20)14-16-7-8-17(21(22,23)24)13-15(16)9-11-19(2,3)18(26)27/h7-8,13H,5-6,10,12,14H2,1-4H3,(H,26,27). The van der Waals surface area contributed by atoms with Crippen molar-refractivity contribution >= 4 is 5.97 Å². The van der Waals surface area contributed by atoms with Crippen LogP contribution < -0.4 is 0 Å². The average molecular weight is 381 g/mol. The quantitative estimate of drug-likeness (QED) is 0.752. The topological polar surface area (TPSA) is 40.5 Å². The van der Waals surface area contributed by atoms with E-state index in [1.54, 1.807) is 0 Å². The maximum Gasteiger partial charge on any atom is 0.416 e. The summed E-state index contributed by atoms with van der Waals surface area (Å²) in [6.07, 6.45) is -1.40. The molecule has 0 saturated carbocycles. The van der Waals surface area contributed by atoms with E-state index < -0.39 is 23.1 Å². The van der Waals surface area contributed by atoms with E-state index in [0.29, 0.717) is 12.1 Å². The molecule has 1 unspecified atom stereocenters. The zero-order valence-corrected chi connectivity index (χ0v) is 16.2. The Balaban J connectivity index is 2.45. The molecule has 0 bridgehead atoms. The first-order valence-electron chi connectivity index (χ1n) is 9.11. The smallest absolute Gasteiger partial charge is 0.416 e. The number of hydrogen-bond donors (Lipinski definition) is 1. The monoisotopic (exact) mass is 381 g/mol. The molecule has 27 heavy (non-hydrogen) atoms. The van der Waals surface area contributed by atoms with E-state index in [4.69, 9.17) is 0 Å². The second-order valence-electron chi connectivity index (χ2n) is 7.93. The van der Waals surface area contributed by atoms with Crippen molar-refractivity contribution < 1.29 is 23.1 Å². The number of benzene rings is 1. The van der Waals surface area contributed by atoms with Gasteiger partial charge in [0.15, 0.2) is 0 Å².